The predicted octanol–water partition coefficient (Wildman–Crippen LogP) is 4.00. The van der Waals surface area contributed by atoms with E-state index in [0.29, 0.717) is 6.04 Å². The van der Waals surface area contributed by atoms with Crippen LogP contribution in [0.3, 0.4) is 0 Å². The monoisotopic (exact) mass is 347 g/mol. The molecule has 0 atom stereocenters. The zero-order chi connectivity index (χ0) is 17.8. The maximum Gasteiger partial charge on any atom is 0.128 e. The molecule has 0 unspecified atom stereocenters. The van der Waals surface area contributed by atoms with E-state index in [1.165, 1.54) is 16.3 Å². The average Bonchev–Trinajstić information content (AvgIpc) is 2.72. The molecule has 1 aromatic heterocycles. The number of rotatable bonds is 5. The Hall–Kier alpha value is -2.59. The van der Waals surface area contributed by atoms with E-state index >= 15 is 0 Å². The maximum absolute atomic E-state index is 5.30. The molecule has 4 nitrogen and oxygen atoms in total. The van der Waals surface area contributed by atoms with Gasteiger partial charge in [0.05, 0.1) is 7.11 Å². The Balaban J connectivity index is 1.33. The second-order valence-corrected chi connectivity index (χ2v) is 6.88. The Kier molecular flexibility index (Phi) is 5.02. The summed E-state index contributed by atoms with van der Waals surface area (Å²) < 4.78 is 5.30. The lowest BCUT2D eigenvalue weighted by Crippen LogP contribution is -2.42. The van der Waals surface area contributed by atoms with Crippen LogP contribution in [0, 0.1) is 0 Å². The number of methoxy groups -OCH3 is 1. The van der Waals surface area contributed by atoms with Gasteiger partial charge in [0.2, 0.25) is 0 Å². The standard InChI is InChI=1S/C22H25N3O/c1-26-21-8-7-18-14-17(5-6-19(18)15-21)16-24-20-9-12-25(13-10-20)22-4-2-3-11-23-22/h2-8,11,14-15,20,24H,9-10,12-13,16H2,1H3. The fourth-order valence-corrected chi connectivity index (χ4v) is 3.63. The summed E-state index contributed by atoms with van der Waals surface area (Å²) in [4.78, 5) is 6.84. The third-order valence-corrected chi connectivity index (χ3v) is 5.17. The summed E-state index contributed by atoms with van der Waals surface area (Å²) in [5.74, 6) is 2.00. The van der Waals surface area contributed by atoms with Crippen LogP contribution in [-0.2, 0) is 6.54 Å². The molecule has 1 fully saturated rings. The van der Waals surface area contributed by atoms with E-state index in [1.54, 1.807) is 7.11 Å². The van der Waals surface area contributed by atoms with Gasteiger partial charge in [-0.2, -0.15) is 0 Å². The van der Waals surface area contributed by atoms with Gasteiger partial charge < -0.3 is 15.0 Å². The van der Waals surface area contributed by atoms with Gasteiger partial charge >= 0.3 is 0 Å². The van der Waals surface area contributed by atoms with Crippen molar-refractivity contribution >= 4 is 16.6 Å². The third-order valence-electron chi connectivity index (χ3n) is 5.17. The van der Waals surface area contributed by atoms with Crippen molar-refractivity contribution in [3.63, 3.8) is 0 Å². The minimum Gasteiger partial charge on any atom is -0.497 e. The second-order valence-electron chi connectivity index (χ2n) is 6.88. The number of aromatic nitrogens is 1. The second kappa shape index (κ2) is 7.75. The van der Waals surface area contributed by atoms with Crippen molar-refractivity contribution in [2.45, 2.75) is 25.4 Å². The Bertz CT molecular complexity index is 858. The van der Waals surface area contributed by atoms with Crippen molar-refractivity contribution in [2.75, 3.05) is 25.1 Å². The number of pyridine rings is 1. The largest absolute Gasteiger partial charge is 0.497 e. The number of benzene rings is 2. The molecule has 1 aliphatic heterocycles. The molecule has 0 bridgehead atoms. The molecule has 134 valence electrons. The highest BCUT2D eigenvalue weighted by Gasteiger charge is 2.19. The third kappa shape index (κ3) is 3.81. The minimum absolute atomic E-state index is 0.571. The average molecular weight is 347 g/mol. The lowest BCUT2D eigenvalue weighted by atomic mass is 10.0. The molecule has 1 saturated heterocycles. The Morgan fingerprint density at radius 1 is 1.04 bits per heavy atom. The molecule has 0 amide bonds. The number of anilines is 1. The molecule has 3 aromatic rings. The van der Waals surface area contributed by atoms with Gasteiger partial charge in [0, 0.05) is 31.9 Å². The maximum atomic E-state index is 5.30. The van der Waals surface area contributed by atoms with Gasteiger partial charge in [-0.3, -0.25) is 0 Å². The van der Waals surface area contributed by atoms with Gasteiger partial charge in [-0.05, 0) is 59.5 Å². The molecular formula is C22H25N3O. The topological polar surface area (TPSA) is 37.4 Å². The highest BCUT2D eigenvalue weighted by atomic mass is 16.5. The Morgan fingerprint density at radius 3 is 2.62 bits per heavy atom. The summed E-state index contributed by atoms with van der Waals surface area (Å²) in [6.45, 7) is 3.04. The van der Waals surface area contributed by atoms with Crippen molar-refractivity contribution in [2.24, 2.45) is 0 Å². The number of piperidine rings is 1. The molecule has 0 spiro atoms. The first-order chi connectivity index (χ1) is 12.8. The SMILES string of the molecule is COc1ccc2cc(CNC3CCN(c4ccccn4)CC3)ccc2c1. The Morgan fingerprint density at radius 2 is 1.85 bits per heavy atom. The van der Waals surface area contributed by atoms with Gasteiger partial charge in [-0.15, -0.1) is 0 Å². The van der Waals surface area contributed by atoms with Crippen LogP contribution in [-0.4, -0.2) is 31.2 Å². The van der Waals surface area contributed by atoms with Crippen LogP contribution in [0.2, 0.25) is 0 Å². The van der Waals surface area contributed by atoms with E-state index in [1.807, 2.05) is 18.3 Å². The number of nitrogens with one attached hydrogen (secondary N) is 1. The molecule has 2 heterocycles. The van der Waals surface area contributed by atoms with Gasteiger partial charge in [-0.25, -0.2) is 4.98 Å². The fourth-order valence-electron chi connectivity index (χ4n) is 3.63. The van der Waals surface area contributed by atoms with Crippen LogP contribution in [0.15, 0.2) is 60.8 Å². The number of nitrogens with zero attached hydrogens (tertiary/aromatic N) is 2. The highest BCUT2D eigenvalue weighted by molar-refractivity contribution is 5.84. The molecule has 0 aliphatic carbocycles. The van der Waals surface area contributed by atoms with E-state index in [2.05, 4.69) is 57.7 Å². The molecule has 4 rings (SSSR count). The quantitative estimate of drug-likeness (QED) is 0.757. The van der Waals surface area contributed by atoms with Crippen molar-refractivity contribution in [1.29, 1.82) is 0 Å². The summed E-state index contributed by atoms with van der Waals surface area (Å²) >= 11 is 0. The van der Waals surface area contributed by atoms with Crippen LogP contribution < -0.4 is 15.0 Å². The highest BCUT2D eigenvalue weighted by Crippen LogP contribution is 2.22. The molecule has 1 aliphatic rings. The molecule has 26 heavy (non-hydrogen) atoms. The first kappa shape index (κ1) is 16.9. The van der Waals surface area contributed by atoms with Crippen molar-refractivity contribution < 1.29 is 4.74 Å². The fraction of sp³-hybridized carbons (Fsp3) is 0.318. The molecule has 4 heteroatoms. The van der Waals surface area contributed by atoms with E-state index in [0.717, 1.165) is 44.0 Å². The van der Waals surface area contributed by atoms with Crippen molar-refractivity contribution in [3.05, 3.63) is 66.4 Å². The minimum atomic E-state index is 0.571. The molecule has 2 aromatic carbocycles. The normalized spacial score (nSPS) is 15.3. The zero-order valence-corrected chi connectivity index (χ0v) is 15.2. The van der Waals surface area contributed by atoms with E-state index in [-0.39, 0.29) is 0 Å². The molecule has 0 radical (unpaired) electrons. The van der Waals surface area contributed by atoms with Crippen molar-refractivity contribution in [1.82, 2.24) is 10.3 Å². The molecule has 1 N–H and O–H groups in total. The van der Waals surface area contributed by atoms with Crippen LogP contribution in [0.5, 0.6) is 5.75 Å². The van der Waals surface area contributed by atoms with Gasteiger partial charge in [0.25, 0.3) is 0 Å². The number of hydrogen-bond donors (Lipinski definition) is 1. The first-order valence-electron chi connectivity index (χ1n) is 9.28. The van der Waals surface area contributed by atoms with Crippen LogP contribution >= 0.6 is 0 Å². The summed E-state index contributed by atoms with van der Waals surface area (Å²) in [6, 6.07) is 19.6. The number of fused-ring (bicyclic) bond motifs is 1. The summed E-state index contributed by atoms with van der Waals surface area (Å²) in [5, 5.41) is 6.20. The molecule has 0 saturated carbocycles. The lowest BCUT2D eigenvalue weighted by Gasteiger charge is -2.33. The number of hydrogen-bond acceptors (Lipinski definition) is 4. The first-order valence-corrected chi connectivity index (χ1v) is 9.28. The summed E-state index contributed by atoms with van der Waals surface area (Å²) in [5.41, 5.74) is 1.33. The lowest BCUT2D eigenvalue weighted by molar-refractivity contribution is 0.413. The van der Waals surface area contributed by atoms with E-state index in [9.17, 15) is 0 Å². The van der Waals surface area contributed by atoms with Crippen LogP contribution in [0.4, 0.5) is 5.82 Å². The van der Waals surface area contributed by atoms with Crippen LogP contribution in [0.1, 0.15) is 18.4 Å². The molecular weight excluding hydrogens is 322 g/mol. The predicted molar refractivity (Wildman–Crippen MR) is 107 cm³/mol. The van der Waals surface area contributed by atoms with Gasteiger partial charge in [0.1, 0.15) is 11.6 Å². The number of ether oxygens (including phenoxy) is 1. The summed E-state index contributed by atoms with van der Waals surface area (Å²) in [6.07, 6.45) is 4.18. The van der Waals surface area contributed by atoms with Gasteiger partial charge in [-0.1, -0.05) is 24.3 Å². The van der Waals surface area contributed by atoms with Gasteiger partial charge in [0.15, 0.2) is 0 Å². The van der Waals surface area contributed by atoms with Crippen LogP contribution in [0.25, 0.3) is 10.8 Å². The Labute approximate surface area is 154 Å². The van der Waals surface area contributed by atoms with E-state index < -0.39 is 0 Å². The van der Waals surface area contributed by atoms with Crippen molar-refractivity contribution in [3.8, 4) is 5.75 Å². The van der Waals surface area contributed by atoms with E-state index in [4.69, 9.17) is 4.74 Å². The zero-order valence-electron chi connectivity index (χ0n) is 15.2. The smallest absolute Gasteiger partial charge is 0.128 e. The summed E-state index contributed by atoms with van der Waals surface area (Å²) in [7, 11) is 1.71.